The zero-order chi connectivity index (χ0) is 23.3. The van der Waals surface area contributed by atoms with Gasteiger partial charge in [0.15, 0.2) is 0 Å². The van der Waals surface area contributed by atoms with Gasteiger partial charge in [-0.3, -0.25) is 9.52 Å². The molecule has 3 aromatic carbocycles. The SMILES string of the molecule is CCOc1ccc(NS(=O)(=O)c2ccc(C(=O)Nc3cccc(N4CCCC4)c3)cc2)cc1. The van der Waals surface area contributed by atoms with Gasteiger partial charge in [-0.15, -0.1) is 0 Å². The Morgan fingerprint density at radius 2 is 1.64 bits per heavy atom. The van der Waals surface area contributed by atoms with Crippen LogP contribution in [0.1, 0.15) is 30.1 Å². The molecule has 0 saturated carbocycles. The first-order valence-corrected chi connectivity index (χ1v) is 12.4. The molecule has 0 unspecified atom stereocenters. The fourth-order valence-corrected chi connectivity index (χ4v) is 4.80. The van der Waals surface area contributed by atoms with E-state index in [9.17, 15) is 13.2 Å². The van der Waals surface area contributed by atoms with Crippen LogP contribution in [0.2, 0.25) is 0 Å². The molecule has 3 aromatic rings. The summed E-state index contributed by atoms with van der Waals surface area (Å²) >= 11 is 0. The minimum absolute atomic E-state index is 0.0731. The molecule has 4 rings (SSSR count). The van der Waals surface area contributed by atoms with Crippen LogP contribution < -0.4 is 19.7 Å². The molecule has 8 heteroatoms. The fraction of sp³-hybridized carbons (Fsp3) is 0.240. The lowest BCUT2D eigenvalue weighted by Crippen LogP contribution is -2.18. The third kappa shape index (κ3) is 5.64. The Hall–Kier alpha value is -3.52. The first-order valence-electron chi connectivity index (χ1n) is 11.0. The van der Waals surface area contributed by atoms with Gasteiger partial charge >= 0.3 is 0 Å². The minimum atomic E-state index is -3.78. The second-order valence-corrected chi connectivity index (χ2v) is 9.47. The quantitative estimate of drug-likeness (QED) is 0.502. The van der Waals surface area contributed by atoms with Crippen LogP contribution >= 0.6 is 0 Å². The van der Waals surface area contributed by atoms with Crippen LogP contribution in [-0.4, -0.2) is 34.0 Å². The number of hydrogen-bond acceptors (Lipinski definition) is 5. The zero-order valence-electron chi connectivity index (χ0n) is 18.5. The number of amides is 1. The summed E-state index contributed by atoms with van der Waals surface area (Å²) in [5, 5.41) is 2.89. The van der Waals surface area contributed by atoms with Gasteiger partial charge in [-0.1, -0.05) is 6.07 Å². The Kier molecular flexibility index (Phi) is 6.84. The summed E-state index contributed by atoms with van der Waals surface area (Å²) in [4.78, 5) is 15.1. The first-order chi connectivity index (χ1) is 15.9. The maximum Gasteiger partial charge on any atom is 0.261 e. The maximum absolute atomic E-state index is 12.7. The van der Waals surface area contributed by atoms with Crippen molar-refractivity contribution in [1.82, 2.24) is 0 Å². The number of nitrogens with zero attached hydrogens (tertiary/aromatic N) is 1. The average Bonchev–Trinajstić information content (AvgIpc) is 3.36. The third-order valence-electron chi connectivity index (χ3n) is 5.42. The molecule has 33 heavy (non-hydrogen) atoms. The molecule has 1 heterocycles. The highest BCUT2D eigenvalue weighted by molar-refractivity contribution is 7.92. The zero-order valence-corrected chi connectivity index (χ0v) is 19.3. The molecule has 0 aliphatic carbocycles. The molecule has 7 nitrogen and oxygen atoms in total. The summed E-state index contributed by atoms with van der Waals surface area (Å²) in [6.07, 6.45) is 2.36. The molecular formula is C25H27N3O4S. The van der Waals surface area contributed by atoms with Crippen molar-refractivity contribution < 1.29 is 17.9 Å². The molecule has 1 aliphatic rings. The summed E-state index contributed by atoms with van der Waals surface area (Å²) in [7, 11) is -3.78. The predicted octanol–water partition coefficient (Wildman–Crippen LogP) is 4.74. The van der Waals surface area contributed by atoms with E-state index in [0.29, 0.717) is 29.3 Å². The highest BCUT2D eigenvalue weighted by Gasteiger charge is 2.16. The molecular weight excluding hydrogens is 438 g/mol. The number of anilines is 3. The third-order valence-corrected chi connectivity index (χ3v) is 6.82. The van der Waals surface area contributed by atoms with Crippen LogP contribution in [0.4, 0.5) is 17.1 Å². The number of rotatable bonds is 8. The first kappa shape index (κ1) is 22.7. The van der Waals surface area contributed by atoms with Crippen molar-refractivity contribution in [1.29, 1.82) is 0 Å². The lowest BCUT2D eigenvalue weighted by atomic mass is 10.2. The van der Waals surface area contributed by atoms with E-state index in [0.717, 1.165) is 18.8 Å². The van der Waals surface area contributed by atoms with Crippen LogP contribution in [0.5, 0.6) is 5.75 Å². The van der Waals surface area contributed by atoms with Gasteiger partial charge in [0.05, 0.1) is 11.5 Å². The molecule has 1 saturated heterocycles. The minimum Gasteiger partial charge on any atom is -0.494 e. The number of carbonyl (C=O) groups is 1. The summed E-state index contributed by atoms with van der Waals surface area (Å²) in [6, 6.07) is 20.3. The summed E-state index contributed by atoms with van der Waals surface area (Å²) in [5.74, 6) is 0.374. The number of ether oxygens (including phenoxy) is 1. The van der Waals surface area contributed by atoms with E-state index in [1.807, 2.05) is 31.2 Å². The number of nitrogens with one attached hydrogen (secondary N) is 2. The molecule has 0 spiro atoms. The van der Waals surface area contributed by atoms with Crippen molar-refractivity contribution in [2.45, 2.75) is 24.7 Å². The van der Waals surface area contributed by atoms with Gasteiger partial charge in [-0.25, -0.2) is 8.42 Å². The average molecular weight is 466 g/mol. The van der Waals surface area contributed by atoms with E-state index >= 15 is 0 Å². The van der Waals surface area contributed by atoms with Crippen LogP contribution in [0.25, 0.3) is 0 Å². The van der Waals surface area contributed by atoms with E-state index in [-0.39, 0.29) is 10.8 Å². The molecule has 0 aromatic heterocycles. The molecule has 0 radical (unpaired) electrons. The topological polar surface area (TPSA) is 87.7 Å². The Balaban J connectivity index is 1.41. The van der Waals surface area contributed by atoms with Crippen molar-refractivity contribution in [2.75, 3.05) is 34.6 Å². The summed E-state index contributed by atoms with van der Waals surface area (Å²) in [5.41, 5.74) is 2.60. The van der Waals surface area contributed by atoms with Crippen molar-refractivity contribution in [3.05, 3.63) is 78.4 Å². The van der Waals surface area contributed by atoms with E-state index in [1.165, 1.54) is 37.1 Å². The monoisotopic (exact) mass is 465 g/mol. The molecule has 0 bridgehead atoms. The normalized spacial score (nSPS) is 13.5. The Morgan fingerprint density at radius 3 is 2.30 bits per heavy atom. The Bertz CT molecular complexity index is 1200. The van der Waals surface area contributed by atoms with Crippen molar-refractivity contribution in [3.8, 4) is 5.75 Å². The van der Waals surface area contributed by atoms with Crippen LogP contribution in [0.3, 0.4) is 0 Å². The van der Waals surface area contributed by atoms with Crippen molar-refractivity contribution >= 4 is 33.0 Å². The van der Waals surface area contributed by atoms with Crippen LogP contribution in [-0.2, 0) is 10.0 Å². The number of sulfonamides is 1. The summed E-state index contributed by atoms with van der Waals surface area (Å²) < 4.78 is 33.3. The lowest BCUT2D eigenvalue weighted by Gasteiger charge is -2.18. The van der Waals surface area contributed by atoms with E-state index in [2.05, 4.69) is 14.9 Å². The molecule has 2 N–H and O–H groups in total. The maximum atomic E-state index is 12.7. The van der Waals surface area contributed by atoms with Gasteiger partial charge in [-0.2, -0.15) is 0 Å². The van der Waals surface area contributed by atoms with E-state index < -0.39 is 10.0 Å². The molecule has 172 valence electrons. The molecule has 0 atom stereocenters. The highest BCUT2D eigenvalue weighted by atomic mass is 32.2. The van der Waals surface area contributed by atoms with Gasteiger partial charge in [0, 0.05) is 35.7 Å². The Labute approximate surface area is 194 Å². The molecule has 1 amide bonds. The van der Waals surface area contributed by atoms with Gasteiger partial charge in [-0.05, 0) is 86.5 Å². The van der Waals surface area contributed by atoms with Crippen molar-refractivity contribution in [2.24, 2.45) is 0 Å². The fourth-order valence-electron chi connectivity index (χ4n) is 3.74. The summed E-state index contributed by atoms with van der Waals surface area (Å²) in [6.45, 7) is 4.47. The van der Waals surface area contributed by atoms with Gasteiger partial charge in [0.1, 0.15) is 5.75 Å². The second kappa shape index (κ2) is 9.95. The van der Waals surface area contributed by atoms with Gasteiger partial charge in [0.2, 0.25) is 0 Å². The Morgan fingerprint density at radius 1 is 0.939 bits per heavy atom. The highest BCUT2D eigenvalue weighted by Crippen LogP contribution is 2.24. The largest absolute Gasteiger partial charge is 0.494 e. The predicted molar refractivity (Wildman–Crippen MR) is 131 cm³/mol. The molecule has 1 aliphatic heterocycles. The van der Waals surface area contributed by atoms with Gasteiger partial charge < -0.3 is 15.0 Å². The standard InChI is InChI=1S/C25H27N3O4S/c1-2-32-23-12-10-20(11-13-23)27-33(30,31)24-14-8-19(9-15-24)25(29)26-21-6-5-7-22(18-21)28-16-3-4-17-28/h5-15,18,27H,2-4,16-17H2,1H3,(H,26,29). The number of hydrogen-bond donors (Lipinski definition) is 2. The van der Waals surface area contributed by atoms with Crippen LogP contribution in [0.15, 0.2) is 77.7 Å². The lowest BCUT2D eigenvalue weighted by molar-refractivity contribution is 0.102. The second-order valence-electron chi connectivity index (χ2n) is 7.79. The van der Waals surface area contributed by atoms with Gasteiger partial charge in [0.25, 0.3) is 15.9 Å². The van der Waals surface area contributed by atoms with E-state index in [1.54, 1.807) is 24.3 Å². The van der Waals surface area contributed by atoms with Crippen molar-refractivity contribution in [3.63, 3.8) is 0 Å². The number of carbonyl (C=O) groups excluding carboxylic acids is 1. The number of benzene rings is 3. The molecule has 1 fully saturated rings. The van der Waals surface area contributed by atoms with E-state index in [4.69, 9.17) is 4.74 Å². The van der Waals surface area contributed by atoms with Crippen LogP contribution in [0, 0.1) is 0 Å². The smallest absolute Gasteiger partial charge is 0.261 e.